The summed E-state index contributed by atoms with van der Waals surface area (Å²) in [5, 5.41) is 0. The third-order valence-electron chi connectivity index (χ3n) is 5.11. The predicted molar refractivity (Wildman–Crippen MR) is 103 cm³/mol. The first kappa shape index (κ1) is 19.9. The highest BCUT2D eigenvalue weighted by molar-refractivity contribution is 7.91. The molecule has 1 aromatic carbocycles. The Morgan fingerprint density at radius 3 is 2.59 bits per heavy atom. The van der Waals surface area contributed by atoms with Gasteiger partial charge in [0.2, 0.25) is 0 Å². The molecule has 0 N–H and O–H groups in total. The van der Waals surface area contributed by atoms with Crippen LogP contribution in [-0.2, 0) is 14.6 Å². The van der Waals surface area contributed by atoms with Crippen molar-refractivity contribution in [3.8, 4) is 11.5 Å². The van der Waals surface area contributed by atoms with Crippen LogP contribution < -0.4 is 9.47 Å². The second kappa shape index (κ2) is 8.06. The molecule has 1 amide bonds. The number of sulfone groups is 1. The Kier molecular flexibility index (Phi) is 5.95. The number of hydrogen-bond donors (Lipinski definition) is 0. The lowest BCUT2D eigenvalue weighted by Gasteiger charge is -2.44. The molecule has 2 atom stereocenters. The van der Waals surface area contributed by atoms with Gasteiger partial charge in [0.15, 0.2) is 16.4 Å². The van der Waals surface area contributed by atoms with Gasteiger partial charge >= 0.3 is 0 Å². The van der Waals surface area contributed by atoms with E-state index in [1.807, 2.05) is 0 Å². The molecular formula is C19H28N2O5S. The number of carbonyl (C=O) groups excluding carboxylic acids is 1. The number of rotatable bonds is 6. The molecule has 0 spiro atoms. The van der Waals surface area contributed by atoms with Crippen molar-refractivity contribution in [1.29, 1.82) is 0 Å². The van der Waals surface area contributed by atoms with Gasteiger partial charge in [-0.3, -0.25) is 9.69 Å². The molecule has 1 aromatic rings. The molecule has 2 heterocycles. The smallest absolute Gasteiger partial charge is 0.260 e. The van der Waals surface area contributed by atoms with Crippen molar-refractivity contribution in [3.63, 3.8) is 0 Å². The average Bonchev–Trinajstić information content (AvgIpc) is 2.95. The number of carbonyl (C=O) groups is 1. The van der Waals surface area contributed by atoms with Crippen LogP contribution in [0.3, 0.4) is 0 Å². The van der Waals surface area contributed by atoms with E-state index in [2.05, 4.69) is 18.7 Å². The zero-order valence-corrected chi connectivity index (χ0v) is 16.9. The Balaban J connectivity index is 1.67. The third-order valence-corrected chi connectivity index (χ3v) is 6.81. The minimum absolute atomic E-state index is 0.0389. The quantitative estimate of drug-likeness (QED) is 0.715. The van der Waals surface area contributed by atoms with E-state index in [1.54, 1.807) is 36.3 Å². The third kappa shape index (κ3) is 4.73. The Morgan fingerprint density at radius 2 is 1.89 bits per heavy atom. The summed E-state index contributed by atoms with van der Waals surface area (Å²) in [5.41, 5.74) is 0. The molecule has 0 bridgehead atoms. The highest BCUT2D eigenvalue weighted by Gasteiger charge is 2.47. The van der Waals surface area contributed by atoms with E-state index in [0.717, 1.165) is 6.54 Å². The van der Waals surface area contributed by atoms with Crippen LogP contribution in [-0.4, -0.2) is 81.1 Å². The summed E-state index contributed by atoms with van der Waals surface area (Å²) >= 11 is 0. The van der Waals surface area contributed by atoms with Crippen LogP contribution in [0.4, 0.5) is 0 Å². The first-order chi connectivity index (χ1) is 12.8. The molecule has 2 aliphatic heterocycles. The molecule has 2 saturated heterocycles. The van der Waals surface area contributed by atoms with Crippen LogP contribution in [0.2, 0.25) is 0 Å². The summed E-state index contributed by atoms with van der Waals surface area (Å²) in [6, 6.07) is 6.67. The minimum Gasteiger partial charge on any atom is -0.497 e. The van der Waals surface area contributed by atoms with Crippen molar-refractivity contribution in [2.24, 2.45) is 5.92 Å². The molecule has 2 aliphatic rings. The van der Waals surface area contributed by atoms with Crippen molar-refractivity contribution in [2.45, 2.75) is 25.9 Å². The second-order valence-electron chi connectivity index (χ2n) is 7.66. The molecule has 3 rings (SSSR count). The first-order valence-corrected chi connectivity index (χ1v) is 11.1. The summed E-state index contributed by atoms with van der Waals surface area (Å²) in [7, 11) is -1.56. The lowest BCUT2D eigenvalue weighted by atomic mass is 10.0. The molecular weight excluding hydrogens is 368 g/mol. The lowest BCUT2D eigenvalue weighted by molar-refractivity contribution is -0.139. The molecule has 2 fully saturated rings. The summed E-state index contributed by atoms with van der Waals surface area (Å²) in [6.07, 6.45) is 0. The zero-order valence-electron chi connectivity index (χ0n) is 16.1. The van der Waals surface area contributed by atoms with Crippen LogP contribution >= 0.6 is 0 Å². The van der Waals surface area contributed by atoms with Gasteiger partial charge in [0.25, 0.3) is 5.91 Å². The van der Waals surface area contributed by atoms with E-state index >= 15 is 0 Å². The number of ether oxygens (including phenoxy) is 2. The van der Waals surface area contributed by atoms with Gasteiger partial charge in [-0.05, 0) is 18.1 Å². The van der Waals surface area contributed by atoms with Crippen molar-refractivity contribution in [3.05, 3.63) is 24.3 Å². The van der Waals surface area contributed by atoms with Gasteiger partial charge < -0.3 is 14.4 Å². The van der Waals surface area contributed by atoms with Gasteiger partial charge in [0.05, 0.1) is 24.7 Å². The molecule has 0 aromatic heterocycles. The maximum atomic E-state index is 12.8. The Morgan fingerprint density at radius 1 is 1.19 bits per heavy atom. The maximum absolute atomic E-state index is 12.8. The topological polar surface area (TPSA) is 76.2 Å². The summed E-state index contributed by atoms with van der Waals surface area (Å²) < 4.78 is 35.2. The summed E-state index contributed by atoms with van der Waals surface area (Å²) in [4.78, 5) is 16.7. The fourth-order valence-electron chi connectivity index (χ4n) is 3.95. The molecule has 0 unspecified atom stereocenters. The van der Waals surface area contributed by atoms with Gasteiger partial charge in [-0.2, -0.15) is 0 Å². The van der Waals surface area contributed by atoms with Gasteiger partial charge in [-0.15, -0.1) is 0 Å². The number of fused-ring (bicyclic) bond motifs is 1. The largest absolute Gasteiger partial charge is 0.497 e. The molecule has 150 valence electrons. The molecule has 0 radical (unpaired) electrons. The Labute approximate surface area is 161 Å². The molecule has 7 nitrogen and oxygen atoms in total. The molecule has 0 aliphatic carbocycles. The van der Waals surface area contributed by atoms with Crippen LogP contribution in [0.1, 0.15) is 13.8 Å². The fraction of sp³-hybridized carbons (Fsp3) is 0.632. The fourth-order valence-corrected chi connectivity index (χ4v) is 5.96. The number of piperazine rings is 1. The van der Waals surface area contributed by atoms with Crippen LogP contribution in [0, 0.1) is 5.92 Å². The van der Waals surface area contributed by atoms with Gasteiger partial charge in [0.1, 0.15) is 11.5 Å². The number of nitrogens with zero attached hydrogens (tertiary/aromatic N) is 2. The predicted octanol–water partition coefficient (Wildman–Crippen LogP) is 1.04. The molecule has 8 heteroatoms. The maximum Gasteiger partial charge on any atom is 0.260 e. The number of methoxy groups -OCH3 is 1. The van der Waals surface area contributed by atoms with E-state index in [0.29, 0.717) is 30.5 Å². The van der Waals surface area contributed by atoms with E-state index in [1.165, 1.54) is 0 Å². The zero-order chi connectivity index (χ0) is 19.6. The van der Waals surface area contributed by atoms with Crippen molar-refractivity contribution < 1.29 is 22.7 Å². The van der Waals surface area contributed by atoms with Crippen LogP contribution in [0.5, 0.6) is 11.5 Å². The van der Waals surface area contributed by atoms with Gasteiger partial charge in [-0.25, -0.2) is 8.42 Å². The van der Waals surface area contributed by atoms with Crippen LogP contribution in [0.25, 0.3) is 0 Å². The lowest BCUT2D eigenvalue weighted by Crippen LogP contribution is -2.61. The van der Waals surface area contributed by atoms with E-state index in [4.69, 9.17) is 9.47 Å². The molecule has 27 heavy (non-hydrogen) atoms. The highest BCUT2D eigenvalue weighted by Crippen LogP contribution is 2.28. The summed E-state index contributed by atoms with van der Waals surface area (Å²) in [6.45, 7) is 6.21. The number of amides is 1. The second-order valence-corrected chi connectivity index (χ2v) is 9.81. The van der Waals surface area contributed by atoms with E-state index in [-0.39, 0.29) is 36.1 Å². The van der Waals surface area contributed by atoms with E-state index < -0.39 is 9.84 Å². The number of hydrogen-bond acceptors (Lipinski definition) is 6. The van der Waals surface area contributed by atoms with Gasteiger partial charge in [-0.1, -0.05) is 19.9 Å². The highest BCUT2D eigenvalue weighted by atomic mass is 32.2. The monoisotopic (exact) mass is 396 g/mol. The first-order valence-electron chi connectivity index (χ1n) is 9.30. The Hall–Kier alpha value is -1.80. The van der Waals surface area contributed by atoms with Crippen LogP contribution in [0.15, 0.2) is 24.3 Å². The molecule has 0 saturated carbocycles. The Bertz CT molecular complexity index is 780. The van der Waals surface area contributed by atoms with Crippen molar-refractivity contribution in [1.82, 2.24) is 9.80 Å². The van der Waals surface area contributed by atoms with E-state index in [9.17, 15) is 13.2 Å². The summed E-state index contributed by atoms with van der Waals surface area (Å²) in [5.74, 6) is 1.66. The number of benzene rings is 1. The SMILES string of the molecule is COc1cccc(OCC(=O)N2CCN(CC(C)C)[C@H]3CS(=O)(=O)C[C@H]32)c1. The standard InChI is InChI=1S/C19H28N2O5S/c1-14(2)10-20-7-8-21(18-13-27(23,24)12-17(18)20)19(22)11-26-16-6-4-5-15(9-16)25-3/h4-6,9,14,17-18H,7-8,10-13H2,1-3H3/t17-,18+/m0/s1. The van der Waals surface area contributed by atoms with Gasteiger partial charge in [0, 0.05) is 31.7 Å². The average molecular weight is 397 g/mol. The van der Waals surface area contributed by atoms with Crippen molar-refractivity contribution >= 4 is 15.7 Å². The normalized spacial score (nSPS) is 24.7. The minimum atomic E-state index is -3.13. The van der Waals surface area contributed by atoms with Crippen molar-refractivity contribution in [2.75, 3.05) is 44.9 Å².